The van der Waals surface area contributed by atoms with Crippen LogP contribution in [0.15, 0.2) is 47.5 Å². The third kappa shape index (κ3) is 34.3. The van der Waals surface area contributed by atoms with Gasteiger partial charge in [0.1, 0.15) is 0 Å². The fraction of sp³-hybridized carbons (Fsp3) is 0.784. The quantitative estimate of drug-likeness (QED) is 0.0376. The van der Waals surface area contributed by atoms with E-state index >= 15 is 0 Å². The van der Waals surface area contributed by atoms with Crippen molar-refractivity contribution in [1.82, 2.24) is 7.96 Å². The normalized spacial score (nSPS) is 12.8. The molecular formula is C74H132N4Ni. The van der Waals surface area contributed by atoms with Crippen molar-refractivity contribution in [1.29, 1.82) is 0 Å². The second kappa shape index (κ2) is 50.4. The molecule has 0 aliphatic carbocycles. The third-order valence-corrected chi connectivity index (χ3v) is 18.2. The minimum absolute atomic E-state index is 1.03. The van der Waals surface area contributed by atoms with Crippen LogP contribution in [0.3, 0.4) is 0 Å². The van der Waals surface area contributed by atoms with Crippen molar-refractivity contribution >= 4 is 11.4 Å². The molecule has 0 atom stereocenters. The Hall–Kier alpha value is -2.07. The van der Waals surface area contributed by atoms with Crippen molar-refractivity contribution < 1.29 is 19.6 Å². The zero-order valence-corrected chi connectivity index (χ0v) is 55.5. The predicted molar refractivity (Wildman–Crippen MR) is 350 cm³/mol. The summed E-state index contributed by atoms with van der Waals surface area (Å²) in [5.41, 5.74) is 26.5. The first-order valence-electron chi connectivity index (χ1n) is 34.9. The van der Waals surface area contributed by atoms with Crippen LogP contribution in [0.5, 0.6) is 0 Å². The van der Waals surface area contributed by atoms with Crippen LogP contribution >= 0.6 is 0 Å². The first-order chi connectivity index (χ1) is 38.7. The molecule has 4 nitrogen and oxygen atoms in total. The van der Waals surface area contributed by atoms with Gasteiger partial charge in [0, 0.05) is 22.3 Å². The third-order valence-electron chi connectivity index (χ3n) is 16.9. The van der Waals surface area contributed by atoms with E-state index in [9.17, 15) is 5.53 Å². The summed E-state index contributed by atoms with van der Waals surface area (Å²) in [5.74, 6) is 0. The maximum absolute atomic E-state index is 13.0. The first kappa shape index (κ1) is 73.0. The molecule has 5 heteroatoms. The summed E-state index contributed by atoms with van der Waals surface area (Å²) in [5, 5.41) is 0. The van der Waals surface area contributed by atoms with Crippen molar-refractivity contribution in [2.24, 2.45) is 0 Å². The number of aryl methyl sites for hydroxylation is 4. The Bertz CT molecular complexity index is 1630. The number of rotatable bonds is 52. The van der Waals surface area contributed by atoms with E-state index in [0.29, 0.717) is 0 Å². The van der Waals surface area contributed by atoms with Crippen LogP contribution in [0, 0.1) is 0 Å². The fourth-order valence-electron chi connectivity index (χ4n) is 11.7. The van der Waals surface area contributed by atoms with Gasteiger partial charge in [-0.1, -0.05) is 272 Å². The van der Waals surface area contributed by atoms with Gasteiger partial charge >= 0.3 is 63.9 Å². The molecule has 0 spiro atoms. The Balaban J connectivity index is 0.00000216. The van der Waals surface area contributed by atoms with Gasteiger partial charge in [0.25, 0.3) is 0 Å². The molecule has 0 amide bonds. The van der Waals surface area contributed by atoms with Gasteiger partial charge in [-0.15, -0.1) is 0 Å². The summed E-state index contributed by atoms with van der Waals surface area (Å²) in [7, 11) is 4.21. The molecular weight excluding hydrogens is 1000 g/mol. The van der Waals surface area contributed by atoms with E-state index in [4.69, 9.17) is 0 Å². The van der Waals surface area contributed by atoms with Gasteiger partial charge in [-0.2, -0.15) is 0 Å². The maximum atomic E-state index is 13.0. The number of hydrogen-bond donors (Lipinski definition) is 0. The van der Waals surface area contributed by atoms with E-state index < -0.39 is 0 Å². The van der Waals surface area contributed by atoms with Crippen molar-refractivity contribution in [3.8, 4) is 0 Å². The van der Waals surface area contributed by atoms with E-state index in [2.05, 4.69) is 114 Å². The van der Waals surface area contributed by atoms with Crippen LogP contribution in [-0.2, 0) is 40.5 Å². The monoisotopic (exact) mass is 1130 g/mol. The van der Waals surface area contributed by atoms with Gasteiger partial charge in [0.05, 0.1) is 0 Å². The van der Waals surface area contributed by atoms with Gasteiger partial charge < -0.3 is 5.53 Å². The molecule has 0 radical (unpaired) electrons. The molecule has 0 N–H and O–H groups in total. The van der Waals surface area contributed by atoms with Gasteiger partial charge in [-0.3, -0.25) is 0 Å². The summed E-state index contributed by atoms with van der Waals surface area (Å²) in [4.78, 5) is 0. The SMILES string of the molecule is CCCCCCCCCCCc1cc(CCCCCCCCCCC)cc(C2=C(CCCC)C(CCCC)=C(c3cc(CCCCCCCCCCC)cc(CCCCCCCCCCC)c3)[N+]2=[N-])c1.CC[N](C)[Ni][N](C)CC. The van der Waals surface area contributed by atoms with Crippen molar-refractivity contribution in [3.63, 3.8) is 0 Å². The number of hydrogen-bond acceptors (Lipinski definition) is 2. The van der Waals surface area contributed by atoms with Crippen LogP contribution < -0.4 is 0 Å². The Kier molecular flexibility index (Phi) is 46.6. The fourth-order valence-corrected chi connectivity index (χ4v) is 12.6. The Labute approximate surface area is 500 Å². The average molecular weight is 1140 g/mol. The van der Waals surface area contributed by atoms with Crippen molar-refractivity contribution in [2.75, 3.05) is 27.2 Å². The van der Waals surface area contributed by atoms with E-state index in [1.54, 1.807) is 19.6 Å². The van der Waals surface area contributed by atoms with Crippen molar-refractivity contribution in [3.05, 3.63) is 86.5 Å². The Morgan fingerprint density at radius 3 is 0.722 bits per heavy atom. The molecule has 2 aromatic carbocycles. The number of benzene rings is 2. The average Bonchev–Trinajstić information content (AvgIpc) is 3.91. The molecule has 1 aliphatic rings. The van der Waals surface area contributed by atoms with E-state index in [1.807, 2.05) is 0 Å². The van der Waals surface area contributed by atoms with Crippen molar-refractivity contribution in [2.45, 2.75) is 351 Å². The molecule has 3 rings (SSSR count). The standard InChI is InChI=1S/C68H116N2.2C3H8N.Ni/c1-7-13-19-23-27-31-35-39-43-47-59-53-60(48-44-40-36-32-28-24-20-14-8-2)56-63(55-59)67-65(51-17-11-5)66(52-18-12-6)68(70(67)69)64-57-61(49-45-41-37-33-29-25-21-15-9-3)54-62(58-64)50-46-42-38-34-30-26-22-16-10-4;2*1-3-4-2;/h53-58H,7-52H2,1-6H3;2*3H2,1-2H3;/q;2*-1;+2. The van der Waals surface area contributed by atoms with Crippen LogP contribution in [-0.4, -0.2) is 39.8 Å². The molecule has 1 heterocycles. The molecule has 0 aromatic heterocycles. The molecule has 0 saturated carbocycles. The molecule has 458 valence electrons. The summed E-state index contributed by atoms with van der Waals surface area (Å²) in [6.07, 6.45) is 60.4. The minimum atomic E-state index is 1.03. The molecule has 79 heavy (non-hydrogen) atoms. The molecule has 2 aromatic rings. The molecule has 0 unspecified atom stereocenters. The zero-order valence-electron chi connectivity index (χ0n) is 54.5. The van der Waals surface area contributed by atoms with Gasteiger partial charge in [0.15, 0.2) is 0 Å². The topological polar surface area (TPSA) is 31.8 Å². The summed E-state index contributed by atoms with van der Waals surface area (Å²) >= 11 is 1.59. The zero-order chi connectivity index (χ0) is 57.4. The molecule has 0 saturated heterocycles. The van der Waals surface area contributed by atoms with Gasteiger partial charge in [-0.05, 0) is 124 Å². The first-order valence-corrected chi connectivity index (χ1v) is 35.8. The molecule has 0 bridgehead atoms. The van der Waals surface area contributed by atoms with Crippen LogP contribution in [0.2, 0.25) is 0 Å². The molecule has 0 fully saturated rings. The van der Waals surface area contributed by atoms with E-state index in [-0.39, 0.29) is 0 Å². The summed E-state index contributed by atoms with van der Waals surface area (Å²) in [6, 6.07) is 15.1. The second-order valence-electron chi connectivity index (χ2n) is 24.4. The number of nitrogens with zero attached hydrogens (tertiary/aromatic N) is 4. The predicted octanol–water partition coefficient (Wildman–Crippen LogP) is 24.3. The van der Waals surface area contributed by atoms with Gasteiger partial charge in [0.2, 0.25) is 11.4 Å². The van der Waals surface area contributed by atoms with E-state index in [1.165, 1.54) is 276 Å². The number of unbranched alkanes of at least 4 members (excludes halogenated alkanes) is 34. The second-order valence-corrected chi connectivity index (χ2v) is 26.1. The number of allylic oxidation sites excluding steroid dienone is 2. The van der Waals surface area contributed by atoms with Crippen LogP contribution in [0.25, 0.3) is 16.9 Å². The van der Waals surface area contributed by atoms with Gasteiger partial charge in [-0.25, -0.2) is 4.70 Å². The summed E-state index contributed by atoms with van der Waals surface area (Å²) in [6.45, 7) is 20.5. The van der Waals surface area contributed by atoms with Crippen LogP contribution in [0.4, 0.5) is 0 Å². The summed E-state index contributed by atoms with van der Waals surface area (Å²) < 4.78 is 6.17. The van der Waals surface area contributed by atoms with Crippen LogP contribution in [0.1, 0.15) is 358 Å². The Morgan fingerprint density at radius 2 is 0.506 bits per heavy atom. The van der Waals surface area contributed by atoms with E-state index in [0.717, 1.165) is 88.7 Å². The molecule has 1 aliphatic heterocycles. The Morgan fingerprint density at radius 1 is 0.291 bits per heavy atom.